The molecule has 0 bridgehead atoms. The average molecular weight is 330 g/mol. The first kappa shape index (κ1) is 17.2. The minimum atomic E-state index is 0.104. The Hall–Kier alpha value is -1.59. The van der Waals surface area contributed by atoms with E-state index in [-0.39, 0.29) is 6.03 Å². The highest BCUT2D eigenvalue weighted by Gasteiger charge is 2.28. The fraction of sp³-hybridized carbons (Fsp3) is 0.632. The largest absolute Gasteiger partial charge is 0.336 e. The Labute approximate surface area is 145 Å². The van der Waals surface area contributed by atoms with Crippen LogP contribution in [0.3, 0.4) is 0 Å². The second kappa shape index (κ2) is 7.99. The van der Waals surface area contributed by atoms with E-state index in [9.17, 15) is 4.79 Å². The summed E-state index contributed by atoms with van der Waals surface area (Å²) < 4.78 is 0. The number of benzene rings is 1. The van der Waals surface area contributed by atoms with E-state index >= 15 is 0 Å². The van der Waals surface area contributed by atoms with Crippen LogP contribution in [0.4, 0.5) is 4.79 Å². The summed E-state index contributed by atoms with van der Waals surface area (Å²) in [5.74, 6) is 0.585. The van der Waals surface area contributed by atoms with E-state index in [1.54, 1.807) is 0 Å². The van der Waals surface area contributed by atoms with Crippen molar-refractivity contribution in [3.8, 4) is 0 Å². The first-order valence-corrected chi connectivity index (χ1v) is 9.07. The maximum atomic E-state index is 12.5. The Bertz CT molecular complexity index is 535. The third-order valence-corrected chi connectivity index (χ3v) is 5.41. The molecule has 5 heteroatoms. The van der Waals surface area contributed by atoms with Gasteiger partial charge in [-0.1, -0.05) is 30.3 Å². The summed E-state index contributed by atoms with van der Waals surface area (Å²) in [6, 6.07) is 11.1. The van der Waals surface area contributed by atoms with E-state index in [1.807, 2.05) is 4.90 Å². The van der Waals surface area contributed by atoms with Crippen LogP contribution in [0.1, 0.15) is 12.0 Å². The molecule has 5 nitrogen and oxygen atoms in total. The predicted octanol–water partition coefficient (Wildman–Crippen LogP) is 1.51. The van der Waals surface area contributed by atoms with Crippen LogP contribution in [-0.2, 0) is 6.42 Å². The lowest BCUT2D eigenvalue weighted by atomic mass is 9.99. The van der Waals surface area contributed by atoms with Gasteiger partial charge in [-0.3, -0.25) is 4.90 Å². The molecule has 1 N–H and O–H groups in total. The second-order valence-electron chi connectivity index (χ2n) is 7.37. The number of hydrogen-bond donors (Lipinski definition) is 1. The molecule has 0 radical (unpaired) electrons. The van der Waals surface area contributed by atoms with Gasteiger partial charge in [0.05, 0.1) is 0 Å². The number of likely N-dealkylation sites (tertiary alicyclic amines) is 1. The highest BCUT2D eigenvalue weighted by molar-refractivity contribution is 5.74. The number of amides is 2. The molecule has 2 atom stereocenters. The van der Waals surface area contributed by atoms with Crippen molar-refractivity contribution in [2.45, 2.75) is 18.9 Å². The summed E-state index contributed by atoms with van der Waals surface area (Å²) in [5, 5.41) is 3.15. The van der Waals surface area contributed by atoms with Crippen molar-refractivity contribution in [2.75, 3.05) is 53.4 Å². The van der Waals surface area contributed by atoms with Gasteiger partial charge in [0.25, 0.3) is 0 Å². The van der Waals surface area contributed by atoms with Gasteiger partial charge in [0.15, 0.2) is 0 Å². The zero-order valence-electron chi connectivity index (χ0n) is 14.9. The molecule has 3 rings (SSSR count). The van der Waals surface area contributed by atoms with Crippen molar-refractivity contribution in [3.63, 3.8) is 0 Å². The molecule has 0 aliphatic carbocycles. The zero-order chi connectivity index (χ0) is 16.9. The Morgan fingerprint density at radius 3 is 2.71 bits per heavy atom. The van der Waals surface area contributed by atoms with Gasteiger partial charge >= 0.3 is 6.03 Å². The summed E-state index contributed by atoms with van der Waals surface area (Å²) in [6.07, 6.45) is 2.18. The summed E-state index contributed by atoms with van der Waals surface area (Å²) in [5.41, 5.74) is 1.37. The monoisotopic (exact) mass is 330 g/mol. The third kappa shape index (κ3) is 4.48. The zero-order valence-corrected chi connectivity index (χ0v) is 14.9. The van der Waals surface area contributed by atoms with E-state index in [1.165, 1.54) is 5.56 Å². The summed E-state index contributed by atoms with van der Waals surface area (Å²) in [6.45, 7) is 5.69. The Balaban J connectivity index is 1.43. The van der Waals surface area contributed by atoms with Crippen LogP contribution in [0.25, 0.3) is 0 Å². The minimum Gasteiger partial charge on any atom is -0.336 e. The van der Waals surface area contributed by atoms with Crippen molar-refractivity contribution in [1.82, 2.24) is 20.0 Å². The van der Waals surface area contributed by atoms with E-state index in [0.717, 1.165) is 52.1 Å². The van der Waals surface area contributed by atoms with Crippen LogP contribution in [0.15, 0.2) is 30.3 Å². The first-order chi connectivity index (χ1) is 11.6. The molecule has 0 unspecified atom stereocenters. The fourth-order valence-corrected chi connectivity index (χ4v) is 3.77. The molecule has 1 aromatic carbocycles. The van der Waals surface area contributed by atoms with Gasteiger partial charge in [-0.05, 0) is 38.4 Å². The molecule has 2 aliphatic rings. The number of hydrogen-bond acceptors (Lipinski definition) is 3. The van der Waals surface area contributed by atoms with Crippen LogP contribution in [0.5, 0.6) is 0 Å². The molecule has 0 spiro atoms. The normalized spacial score (nSPS) is 25.8. The lowest BCUT2D eigenvalue weighted by Crippen LogP contribution is -2.55. The van der Waals surface area contributed by atoms with Gasteiger partial charge in [0.1, 0.15) is 0 Å². The van der Waals surface area contributed by atoms with Gasteiger partial charge in [-0.25, -0.2) is 4.79 Å². The van der Waals surface area contributed by atoms with Gasteiger partial charge in [-0.2, -0.15) is 0 Å². The predicted molar refractivity (Wildman–Crippen MR) is 97.1 cm³/mol. The van der Waals surface area contributed by atoms with E-state index in [4.69, 9.17) is 0 Å². The number of carbonyl (C=O) groups is 1. The number of urea groups is 1. The van der Waals surface area contributed by atoms with Gasteiger partial charge in [0, 0.05) is 45.3 Å². The smallest absolute Gasteiger partial charge is 0.317 e. The highest BCUT2D eigenvalue weighted by atomic mass is 16.2. The molecular formula is C19H30N4O. The molecule has 2 fully saturated rings. The lowest BCUT2D eigenvalue weighted by Gasteiger charge is -2.37. The molecule has 132 valence electrons. The molecule has 0 aromatic heterocycles. The molecule has 0 saturated carbocycles. The fourth-order valence-electron chi connectivity index (χ4n) is 3.77. The molecular weight excluding hydrogens is 300 g/mol. The van der Waals surface area contributed by atoms with E-state index in [2.05, 4.69) is 59.5 Å². The minimum absolute atomic E-state index is 0.104. The SMILES string of the molecule is CN1CCN(C)[C@@H](CNC(=O)N2CC[C@H](Cc3ccccc3)C2)C1. The van der Waals surface area contributed by atoms with Crippen molar-refractivity contribution < 1.29 is 4.79 Å². The van der Waals surface area contributed by atoms with E-state index in [0.29, 0.717) is 12.0 Å². The summed E-state index contributed by atoms with van der Waals surface area (Å²) >= 11 is 0. The average Bonchev–Trinajstić information content (AvgIpc) is 3.05. The Morgan fingerprint density at radius 2 is 1.92 bits per heavy atom. The molecule has 24 heavy (non-hydrogen) atoms. The Kier molecular flexibility index (Phi) is 5.74. The first-order valence-electron chi connectivity index (χ1n) is 9.07. The standard InChI is InChI=1S/C19H30N4O/c1-21-10-11-22(2)18(15-21)13-20-19(24)23-9-8-17(14-23)12-16-6-4-3-5-7-16/h3-7,17-18H,8-15H2,1-2H3,(H,20,24)/t17-,18+/m1/s1. The van der Waals surface area contributed by atoms with Gasteiger partial charge in [0.2, 0.25) is 0 Å². The number of likely N-dealkylation sites (N-methyl/N-ethyl adjacent to an activating group) is 2. The van der Waals surface area contributed by atoms with Crippen LogP contribution in [0, 0.1) is 5.92 Å². The Morgan fingerprint density at radius 1 is 1.12 bits per heavy atom. The van der Waals surface area contributed by atoms with Crippen molar-refractivity contribution in [1.29, 1.82) is 0 Å². The second-order valence-corrected chi connectivity index (χ2v) is 7.37. The number of nitrogens with one attached hydrogen (secondary N) is 1. The topological polar surface area (TPSA) is 38.8 Å². The van der Waals surface area contributed by atoms with Gasteiger partial charge in [-0.15, -0.1) is 0 Å². The van der Waals surface area contributed by atoms with Crippen molar-refractivity contribution in [3.05, 3.63) is 35.9 Å². The number of carbonyl (C=O) groups excluding carboxylic acids is 1. The molecule has 2 amide bonds. The maximum absolute atomic E-state index is 12.5. The third-order valence-electron chi connectivity index (χ3n) is 5.41. The van der Waals surface area contributed by atoms with Crippen LogP contribution in [0.2, 0.25) is 0 Å². The van der Waals surface area contributed by atoms with Crippen LogP contribution in [-0.4, -0.2) is 80.1 Å². The van der Waals surface area contributed by atoms with Crippen molar-refractivity contribution >= 4 is 6.03 Å². The van der Waals surface area contributed by atoms with Gasteiger partial charge < -0.3 is 15.1 Å². The maximum Gasteiger partial charge on any atom is 0.317 e. The number of nitrogens with zero attached hydrogens (tertiary/aromatic N) is 3. The molecule has 2 saturated heterocycles. The van der Waals surface area contributed by atoms with Crippen LogP contribution < -0.4 is 5.32 Å². The quantitative estimate of drug-likeness (QED) is 0.909. The number of rotatable bonds is 4. The summed E-state index contributed by atoms with van der Waals surface area (Å²) in [7, 11) is 4.30. The van der Waals surface area contributed by atoms with Crippen molar-refractivity contribution in [2.24, 2.45) is 5.92 Å². The molecule has 2 heterocycles. The van der Waals surface area contributed by atoms with E-state index < -0.39 is 0 Å². The number of piperazine rings is 1. The van der Waals surface area contributed by atoms with Crippen LogP contribution >= 0.6 is 0 Å². The highest BCUT2D eigenvalue weighted by Crippen LogP contribution is 2.20. The lowest BCUT2D eigenvalue weighted by molar-refractivity contribution is 0.113. The molecule has 1 aromatic rings. The molecule has 2 aliphatic heterocycles. The summed E-state index contributed by atoms with van der Waals surface area (Å²) in [4.78, 5) is 19.1.